The van der Waals surface area contributed by atoms with Crippen LogP contribution in [0.4, 0.5) is 0 Å². The molecule has 0 saturated heterocycles. The second-order valence-electron chi connectivity index (χ2n) is 8.36. The van der Waals surface area contributed by atoms with Crippen LogP contribution in [0.2, 0.25) is 0 Å². The summed E-state index contributed by atoms with van der Waals surface area (Å²) in [5.74, 6) is 0.589. The average molecular weight is 453 g/mol. The van der Waals surface area contributed by atoms with Gasteiger partial charge in [-0.15, -0.1) is 0 Å². The molecule has 1 heterocycles. The van der Waals surface area contributed by atoms with E-state index in [2.05, 4.69) is 10.5 Å². The molecule has 6 nitrogen and oxygen atoms in total. The molecule has 1 aliphatic carbocycles. The average Bonchev–Trinajstić information content (AvgIpc) is 3.20. The standard InChI is InChI=1S/C28H24N2O4/c1-18-26-23(29-30-25(31)16-19-8-3-2-4-9-19)12-7-13-24(26)34-27(18)28(32)33-22-15-14-20-10-5-6-11-21(20)17-22/h2-6,8-11,14-15,17H,7,12-13,16H2,1H3,(H,30,31)/b29-23+. The molecule has 5 rings (SSSR count). The molecule has 1 amide bonds. The van der Waals surface area contributed by atoms with Crippen molar-refractivity contribution in [2.45, 2.75) is 32.6 Å². The highest BCUT2D eigenvalue weighted by Crippen LogP contribution is 2.31. The van der Waals surface area contributed by atoms with Crippen LogP contribution in [-0.2, 0) is 17.6 Å². The van der Waals surface area contributed by atoms with Gasteiger partial charge in [-0.25, -0.2) is 10.2 Å². The number of carbonyl (C=O) groups is 2. The van der Waals surface area contributed by atoms with E-state index in [-0.39, 0.29) is 18.1 Å². The van der Waals surface area contributed by atoms with E-state index in [1.165, 1.54) is 0 Å². The summed E-state index contributed by atoms with van der Waals surface area (Å²) < 4.78 is 11.5. The van der Waals surface area contributed by atoms with Crippen molar-refractivity contribution in [3.63, 3.8) is 0 Å². The van der Waals surface area contributed by atoms with E-state index in [1.54, 1.807) is 6.07 Å². The zero-order valence-corrected chi connectivity index (χ0v) is 18.8. The van der Waals surface area contributed by atoms with Crippen molar-refractivity contribution in [1.29, 1.82) is 0 Å². The molecule has 3 aromatic carbocycles. The number of nitrogens with zero attached hydrogens (tertiary/aromatic N) is 1. The lowest BCUT2D eigenvalue weighted by Gasteiger charge is -2.13. The van der Waals surface area contributed by atoms with Crippen LogP contribution in [0.1, 0.15) is 45.8 Å². The van der Waals surface area contributed by atoms with Crippen LogP contribution < -0.4 is 10.2 Å². The first-order valence-corrected chi connectivity index (χ1v) is 11.3. The largest absolute Gasteiger partial charge is 0.453 e. The smallest absolute Gasteiger partial charge is 0.379 e. The van der Waals surface area contributed by atoms with Gasteiger partial charge in [0.1, 0.15) is 11.5 Å². The fourth-order valence-electron chi connectivity index (χ4n) is 4.31. The number of furan rings is 1. The lowest BCUT2D eigenvalue weighted by Crippen LogP contribution is -2.23. The number of ether oxygens (including phenoxy) is 1. The Morgan fingerprint density at radius 1 is 0.971 bits per heavy atom. The molecule has 0 spiro atoms. The minimum atomic E-state index is -0.547. The van der Waals surface area contributed by atoms with Gasteiger partial charge in [-0.05, 0) is 48.2 Å². The Morgan fingerprint density at radius 3 is 2.56 bits per heavy atom. The van der Waals surface area contributed by atoms with Gasteiger partial charge < -0.3 is 9.15 Å². The highest BCUT2D eigenvalue weighted by Gasteiger charge is 2.29. The summed E-state index contributed by atoms with van der Waals surface area (Å²) in [6.45, 7) is 1.83. The Bertz CT molecular complexity index is 1400. The van der Waals surface area contributed by atoms with E-state index in [9.17, 15) is 9.59 Å². The van der Waals surface area contributed by atoms with Gasteiger partial charge in [0.15, 0.2) is 0 Å². The number of amides is 1. The zero-order valence-electron chi connectivity index (χ0n) is 18.8. The summed E-state index contributed by atoms with van der Waals surface area (Å²) in [5, 5.41) is 6.44. The summed E-state index contributed by atoms with van der Waals surface area (Å²) in [4.78, 5) is 25.3. The second kappa shape index (κ2) is 9.35. The van der Waals surface area contributed by atoms with Crippen molar-refractivity contribution < 1.29 is 18.7 Å². The molecule has 0 fully saturated rings. The molecule has 1 aliphatic rings. The first-order chi connectivity index (χ1) is 16.6. The van der Waals surface area contributed by atoms with Crippen LogP contribution in [0.15, 0.2) is 82.3 Å². The van der Waals surface area contributed by atoms with E-state index >= 15 is 0 Å². The van der Waals surface area contributed by atoms with Crippen molar-refractivity contribution in [2.75, 3.05) is 0 Å². The van der Waals surface area contributed by atoms with E-state index in [0.717, 1.165) is 28.3 Å². The van der Waals surface area contributed by atoms with Crippen LogP contribution in [0.3, 0.4) is 0 Å². The molecule has 0 saturated carbocycles. The summed E-state index contributed by atoms with van der Waals surface area (Å²) in [7, 11) is 0. The molecule has 0 aliphatic heterocycles. The molecular formula is C28H24N2O4. The molecule has 0 radical (unpaired) electrons. The summed E-state index contributed by atoms with van der Waals surface area (Å²) in [6, 6.07) is 22.9. The Hall–Kier alpha value is -4.19. The predicted molar refractivity (Wildman–Crippen MR) is 130 cm³/mol. The van der Waals surface area contributed by atoms with Crippen molar-refractivity contribution in [1.82, 2.24) is 5.43 Å². The lowest BCUT2D eigenvalue weighted by atomic mass is 9.93. The molecule has 1 N–H and O–H groups in total. The van der Waals surface area contributed by atoms with Crippen molar-refractivity contribution >= 4 is 28.4 Å². The quantitative estimate of drug-likeness (QED) is 0.251. The number of nitrogens with one attached hydrogen (secondary N) is 1. The maximum atomic E-state index is 12.9. The number of fused-ring (bicyclic) bond motifs is 2. The number of benzene rings is 3. The SMILES string of the molecule is Cc1c(C(=O)Oc2ccc3ccccc3c2)oc2c1/C(=N/NC(=O)Cc1ccccc1)CCC2. The van der Waals surface area contributed by atoms with Crippen LogP contribution in [-0.4, -0.2) is 17.6 Å². The van der Waals surface area contributed by atoms with Gasteiger partial charge in [0, 0.05) is 17.5 Å². The van der Waals surface area contributed by atoms with Gasteiger partial charge in [0.25, 0.3) is 0 Å². The number of rotatable bonds is 5. The third kappa shape index (κ3) is 4.48. The maximum Gasteiger partial charge on any atom is 0.379 e. The molecule has 0 unspecified atom stereocenters. The first kappa shape index (κ1) is 21.6. The number of hydrogen-bond acceptors (Lipinski definition) is 5. The minimum Gasteiger partial charge on any atom is -0.453 e. The monoisotopic (exact) mass is 452 g/mol. The van der Waals surface area contributed by atoms with E-state index < -0.39 is 5.97 Å². The zero-order chi connectivity index (χ0) is 23.5. The number of carbonyl (C=O) groups excluding carboxylic acids is 2. The highest BCUT2D eigenvalue weighted by molar-refractivity contribution is 6.06. The molecular weight excluding hydrogens is 428 g/mol. The Balaban J connectivity index is 1.34. The lowest BCUT2D eigenvalue weighted by molar-refractivity contribution is -0.120. The highest BCUT2D eigenvalue weighted by atomic mass is 16.5. The molecule has 6 heteroatoms. The van der Waals surface area contributed by atoms with Crippen LogP contribution in [0, 0.1) is 6.92 Å². The van der Waals surface area contributed by atoms with Gasteiger partial charge in [0.2, 0.25) is 11.7 Å². The molecule has 0 atom stereocenters. The Morgan fingerprint density at radius 2 is 1.74 bits per heavy atom. The first-order valence-electron chi connectivity index (χ1n) is 11.3. The van der Waals surface area contributed by atoms with Gasteiger partial charge in [0.05, 0.1) is 12.1 Å². The van der Waals surface area contributed by atoms with Crippen molar-refractivity contribution in [3.05, 3.63) is 101 Å². The van der Waals surface area contributed by atoms with Gasteiger partial charge >= 0.3 is 5.97 Å². The fraction of sp³-hybridized carbons (Fsp3) is 0.179. The molecule has 170 valence electrons. The molecule has 1 aromatic heterocycles. The van der Waals surface area contributed by atoms with Crippen molar-refractivity contribution in [2.24, 2.45) is 5.10 Å². The number of hydrogen-bond donors (Lipinski definition) is 1. The van der Waals surface area contributed by atoms with Gasteiger partial charge in [-0.1, -0.05) is 60.7 Å². The van der Waals surface area contributed by atoms with E-state index in [1.807, 2.05) is 73.7 Å². The van der Waals surface area contributed by atoms with Crippen molar-refractivity contribution in [3.8, 4) is 5.75 Å². The van der Waals surface area contributed by atoms with E-state index in [0.29, 0.717) is 35.6 Å². The van der Waals surface area contributed by atoms with Gasteiger partial charge in [-0.2, -0.15) is 5.10 Å². The molecule has 34 heavy (non-hydrogen) atoms. The van der Waals surface area contributed by atoms with Crippen LogP contribution in [0.25, 0.3) is 10.8 Å². The predicted octanol–water partition coefficient (Wildman–Crippen LogP) is 5.36. The normalized spacial score (nSPS) is 14.1. The third-order valence-corrected chi connectivity index (χ3v) is 5.97. The number of esters is 1. The fourth-order valence-corrected chi connectivity index (χ4v) is 4.31. The Labute approximate surface area is 197 Å². The molecule has 4 aromatic rings. The summed E-state index contributed by atoms with van der Waals surface area (Å²) in [5.41, 5.74) is 5.76. The van der Waals surface area contributed by atoms with Gasteiger partial charge in [-0.3, -0.25) is 4.79 Å². The third-order valence-electron chi connectivity index (χ3n) is 5.97. The van der Waals surface area contributed by atoms with E-state index in [4.69, 9.17) is 9.15 Å². The van der Waals surface area contributed by atoms with Crippen LogP contribution >= 0.6 is 0 Å². The maximum absolute atomic E-state index is 12.9. The minimum absolute atomic E-state index is 0.170. The number of hydrazone groups is 1. The Kier molecular flexibility index (Phi) is 5.95. The molecule has 0 bridgehead atoms. The number of aryl methyl sites for hydroxylation is 1. The second-order valence-corrected chi connectivity index (χ2v) is 8.36. The summed E-state index contributed by atoms with van der Waals surface area (Å²) in [6.07, 6.45) is 2.47. The topological polar surface area (TPSA) is 80.9 Å². The van der Waals surface area contributed by atoms with Crippen LogP contribution in [0.5, 0.6) is 5.75 Å². The summed E-state index contributed by atoms with van der Waals surface area (Å²) >= 11 is 0.